The Hall–Kier alpha value is -4.38. The van der Waals surface area contributed by atoms with Gasteiger partial charge < -0.3 is 9.30 Å². The van der Waals surface area contributed by atoms with Crippen molar-refractivity contribution in [2.75, 3.05) is 6.26 Å². The summed E-state index contributed by atoms with van der Waals surface area (Å²) in [5, 5.41) is 4.43. The molecule has 39 heavy (non-hydrogen) atoms. The molecule has 3 aromatic carbocycles. The molecule has 200 valence electrons. The monoisotopic (exact) mass is 552 g/mol. The number of halogens is 3. The van der Waals surface area contributed by atoms with E-state index in [0.717, 1.165) is 34.6 Å². The van der Waals surface area contributed by atoms with Crippen LogP contribution in [0.2, 0.25) is 0 Å². The van der Waals surface area contributed by atoms with Crippen molar-refractivity contribution in [2.45, 2.75) is 25.1 Å². The molecule has 0 bridgehead atoms. The molecule has 0 aliphatic carbocycles. The van der Waals surface area contributed by atoms with Crippen LogP contribution in [0, 0.1) is 13.8 Å². The Labute approximate surface area is 223 Å². The molecule has 0 unspecified atom stereocenters. The summed E-state index contributed by atoms with van der Waals surface area (Å²) >= 11 is 0. The Morgan fingerprint density at radius 1 is 0.897 bits per heavy atom. The molecular weight excluding hydrogens is 529 g/mol. The highest BCUT2D eigenvalue weighted by atomic mass is 32.2. The quantitative estimate of drug-likeness (QED) is 0.247. The SMILES string of the molecule is Cc1cn(-c2ccc(-c3cccc(S(C)(=O)=O)c3)cc2-c2ccnn2-c2ccc(OC(F)(F)F)cc2)c(C)n1. The number of rotatable bonds is 6. The fourth-order valence-corrected chi connectivity index (χ4v) is 5.07. The van der Waals surface area contributed by atoms with Crippen molar-refractivity contribution in [2.24, 2.45) is 0 Å². The number of hydrogen-bond donors (Lipinski definition) is 0. The van der Waals surface area contributed by atoms with E-state index in [4.69, 9.17) is 0 Å². The van der Waals surface area contributed by atoms with E-state index in [-0.39, 0.29) is 10.6 Å². The fourth-order valence-electron chi connectivity index (χ4n) is 4.40. The van der Waals surface area contributed by atoms with E-state index in [1.807, 2.05) is 48.9 Å². The third-order valence-electron chi connectivity index (χ3n) is 6.09. The molecule has 11 heteroatoms. The van der Waals surface area contributed by atoms with E-state index >= 15 is 0 Å². The maximum absolute atomic E-state index is 12.6. The molecule has 2 heterocycles. The van der Waals surface area contributed by atoms with E-state index < -0.39 is 16.2 Å². The first-order valence-electron chi connectivity index (χ1n) is 11.8. The van der Waals surface area contributed by atoms with E-state index in [2.05, 4.69) is 14.8 Å². The summed E-state index contributed by atoms with van der Waals surface area (Å²) in [4.78, 5) is 4.72. The standard InChI is InChI=1S/C28H23F3N4O3S/c1-18-17-34(19(2)33-18)26-12-7-21(20-5-4-6-24(15-20)39(3,36)37)16-25(26)27-13-14-32-35(27)22-8-10-23(11-9-22)38-28(29,30)31/h4-17H,1-3H3. The summed E-state index contributed by atoms with van der Waals surface area (Å²) in [6.07, 6.45) is -0.123. The van der Waals surface area contributed by atoms with Gasteiger partial charge in [0, 0.05) is 18.0 Å². The lowest BCUT2D eigenvalue weighted by atomic mass is 9.99. The fraction of sp³-hybridized carbons (Fsp3) is 0.143. The van der Waals surface area contributed by atoms with E-state index in [9.17, 15) is 21.6 Å². The Kier molecular flexibility index (Phi) is 6.55. The van der Waals surface area contributed by atoms with Crippen molar-refractivity contribution in [1.29, 1.82) is 0 Å². The van der Waals surface area contributed by atoms with Gasteiger partial charge in [-0.15, -0.1) is 13.2 Å². The van der Waals surface area contributed by atoms with Gasteiger partial charge in [0.15, 0.2) is 9.84 Å². The molecule has 5 rings (SSSR count). The van der Waals surface area contributed by atoms with Crippen molar-refractivity contribution in [3.63, 3.8) is 0 Å². The molecular formula is C28H23F3N4O3S. The molecule has 2 aromatic heterocycles. The van der Waals surface area contributed by atoms with Gasteiger partial charge in [-0.05, 0) is 79.6 Å². The summed E-state index contributed by atoms with van der Waals surface area (Å²) in [6, 6.07) is 19.7. The van der Waals surface area contributed by atoms with Crippen molar-refractivity contribution >= 4 is 9.84 Å². The molecule has 0 aliphatic heterocycles. The predicted octanol–water partition coefficient (Wildman–Crippen LogP) is 6.31. The minimum atomic E-state index is -4.79. The smallest absolute Gasteiger partial charge is 0.406 e. The normalized spacial score (nSPS) is 12.1. The average Bonchev–Trinajstić information content (AvgIpc) is 3.49. The van der Waals surface area contributed by atoms with Crippen molar-refractivity contribution in [3.05, 3.63) is 96.7 Å². The first-order chi connectivity index (χ1) is 18.4. The summed E-state index contributed by atoms with van der Waals surface area (Å²) in [5.74, 6) is 0.429. The lowest BCUT2D eigenvalue weighted by molar-refractivity contribution is -0.274. The molecule has 7 nitrogen and oxygen atoms in total. The Morgan fingerprint density at radius 2 is 1.62 bits per heavy atom. The molecule has 0 fully saturated rings. The second kappa shape index (κ2) is 9.73. The Morgan fingerprint density at radius 3 is 2.26 bits per heavy atom. The first kappa shape index (κ1) is 26.2. The molecule has 0 saturated carbocycles. The topological polar surface area (TPSA) is 79.0 Å². The maximum Gasteiger partial charge on any atom is 0.573 e. The van der Waals surface area contributed by atoms with Gasteiger partial charge in [0.1, 0.15) is 11.6 Å². The molecule has 0 N–H and O–H groups in total. The highest BCUT2D eigenvalue weighted by molar-refractivity contribution is 7.90. The van der Waals surface area contributed by atoms with Crippen LogP contribution in [-0.4, -0.2) is 40.4 Å². The van der Waals surface area contributed by atoms with Gasteiger partial charge in [-0.1, -0.05) is 18.2 Å². The average molecular weight is 553 g/mol. The summed E-state index contributed by atoms with van der Waals surface area (Å²) in [6.45, 7) is 3.78. The maximum atomic E-state index is 12.6. The third kappa shape index (κ3) is 5.58. The third-order valence-corrected chi connectivity index (χ3v) is 7.20. The highest BCUT2D eigenvalue weighted by Crippen LogP contribution is 2.35. The molecule has 0 amide bonds. The van der Waals surface area contributed by atoms with E-state index in [0.29, 0.717) is 16.9 Å². The number of alkyl halides is 3. The molecule has 0 saturated heterocycles. The molecule has 0 aliphatic rings. The van der Waals surface area contributed by atoms with Crippen LogP contribution in [-0.2, 0) is 9.84 Å². The van der Waals surface area contributed by atoms with E-state index in [1.54, 1.807) is 35.1 Å². The number of nitrogens with zero attached hydrogens (tertiary/aromatic N) is 4. The van der Waals surface area contributed by atoms with Gasteiger partial charge in [0.2, 0.25) is 0 Å². The number of aryl methyl sites for hydroxylation is 2. The second-order valence-corrected chi connectivity index (χ2v) is 11.0. The van der Waals surface area contributed by atoms with Crippen molar-refractivity contribution in [3.8, 4) is 39.5 Å². The van der Waals surface area contributed by atoms with Crippen LogP contribution in [0.1, 0.15) is 11.5 Å². The molecule has 5 aromatic rings. The number of aromatic nitrogens is 4. The number of imidazole rings is 1. The molecule has 0 atom stereocenters. The number of benzene rings is 3. The Bertz CT molecular complexity index is 1770. The minimum Gasteiger partial charge on any atom is -0.406 e. The highest BCUT2D eigenvalue weighted by Gasteiger charge is 2.31. The van der Waals surface area contributed by atoms with Crippen LogP contribution < -0.4 is 4.74 Å². The predicted molar refractivity (Wildman–Crippen MR) is 141 cm³/mol. The van der Waals surface area contributed by atoms with Gasteiger partial charge in [-0.25, -0.2) is 18.1 Å². The largest absolute Gasteiger partial charge is 0.573 e. The van der Waals surface area contributed by atoms with Gasteiger partial charge >= 0.3 is 6.36 Å². The van der Waals surface area contributed by atoms with Gasteiger partial charge in [-0.2, -0.15) is 5.10 Å². The van der Waals surface area contributed by atoms with Crippen LogP contribution in [0.15, 0.2) is 90.1 Å². The van der Waals surface area contributed by atoms with Crippen LogP contribution in [0.5, 0.6) is 5.75 Å². The first-order valence-corrected chi connectivity index (χ1v) is 13.7. The van der Waals surface area contributed by atoms with Crippen LogP contribution >= 0.6 is 0 Å². The zero-order valence-corrected chi connectivity index (χ0v) is 22.0. The molecule has 0 radical (unpaired) electrons. The van der Waals surface area contributed by atoms with E-state index in [1.165, 1.54) is 24.3 Å². The second-order valence-electron chi connectivity index (χ2n) is 9.00. The number of sulfone groups is 1. The lowest BCUT2D eigenvalue weighted by Gasteiger charge is -2.16. The van der Waals surface area contributed by atoms with Crippen LogP contribution in [0.3, 0.4) is 0 Å². The van der Waals surface area contributed by atoms with Gasteiger partial charge in [0.25, 0.3) is 0 Å². The minimum absolute atomic E-state index is 0.206. The number of ether oxygens (including phenoxy) is 1. The summed E-state index contributed by atoms with van der Waals surface area (Å²) in [5.41, 5.74) is 5.07. The van der Waals surface area contributed by atoms with Crippen molar-refractivity contribution < 1.29 is 26.3 Å². The zero-order chi connectivity index (χ0) is 27.9. The summed E-state index contributed by atoms with van der Waals surface area (Å²) < 4.78 is 69.8. The van der Waals surface area contributed by atoms with Crippen LogP contribution in [0.25, 0.3) is 33.8 Å². The van der Waals surface area contributed by atoms with Crippen LogP contribution in [0.4, 0.5) is 13.2 Å². The molecule has 0 spiro atoms. The van der Waals surface area contributed by atoms with Crippen molar-refractivity contribution in [1.82, 2.24) is 19.3 Å². The Balaban J connectivity index is 1.66. The summed E-state index contributed by atoms with van der Waals surface area (Å²) in [7, 11) is -3.41. The van der Waals surface area contributed by atoms with Gasteiger partial charge in [-0.3, -0.25) is 0 Å². The van der Waals surface area contributed by atoms with Gasteiger partial charge in [0.05, 0.1) is 33.9 Å². The lowest BCUT2D eigenvalue weighted by Crippen LogP contribution is -2.17. The zero-order valence-electron chi connectivity index (χ0n) is 21.1. The number of hydrogen-bond acceptors (Lipinski definition) is 5.